The van der Waals surface area contributed by atoms with Crippen molar-refractivity contribution in [2.75, 3.05) is 20.5 Å². The van der Waals surface area contributed by atoms with Gasteiger partial charge in [0.15, 0.2) is 29.1 Å². The number of hydrogen-bond acceptors (Lipinski definition) is 7. The van der Waals surface area contributed by atoms with Crippen molar-refractivity contribution in [3.63, 3.8) is 0 Å². The summed E-state index contributed by atoms with van der Waals surface area (Å²) in [6.07, 6.45) is 1.99. The summed E-state index contributed by atoms with van der Waals surface area (Å²) >= 11 is 0. The number of furan rings is 1. The van der Waals surface area contributed by atoms with Crippen molar-refractivity contribution in [3.8, 4) is 28.6 Å². The van der Waals surface area contributed by atoms with E-state index in [9.17, 15) is 9.59 Å². The highest BCUT2D eigenvalue weighted by molar-refractivity contribution is 6.02. The smallest absolute Gasteiger partial charge is 0.302 e. The third-order valence-electron chi connectivity index (χ3n) is 4.79. The number of carbonyl (C=O) groups excluding carboxylic acids is 2. The molecule has 3 aromatic rings. The molecule has 0 unspecified atom stereocenters. The molecule has 1 aliphatic rings. The van der Waals surface area contributed by atoms with E-state index in [-0.39, 0.29) is 12.8 Å². The van der Waals surface area contributed by atoms with Crippen LogP contribution in [0.3, 0.4) is 0 Å². The summed E-state index contributed by atoms with van der Waals surface area (Å²) in [4.78, 5) is 22.8. The van der Waals surface area contributed by atoms with Gasteiger partial charge in [0.25, 0.3) is 0 Å². The van der Waals surface area contributed by atoms with Crippen LogP contribution in [0.1, 0.15) is 29.3 Å². The summed E-state index contributed by atoms with van der Waals surface area (Å²) in [6.45, 7) is 1.86. The van der Waals surface area contributed by atoms with E-state index in [2.05, 4.69) is 0 Å². The number of methoxy groups -OCH3 is 1. The number of ether oxygens (including phenoxy) is 4. The lowest BCUT2D eigenvalue weighted by Crippen LogP contribution is -2.03. The molecule has 0 amide bonds. The van der Waals surface area contributed by atoms with Gasteiger partial charge in [-0.05, 0) is 48.7 Å². The molecule has 1 aromatic heterocycles. The van der Waals surface area contributed by atoms with Crippen LogP contribution in [-0.2, 0) is 16.0 Å². The Labute approximate surface area is 167 Å². The molecule has 0 fully saturated rings. The third-order valence-corrected chi connectivity index (χ3v) is 4.79. The molecule has 0 saturated carbocycles. The molecule has 0 atom stereocenters. The fourth-order valence-corrected chi connectivity index (χ4v) is 3.42. The maximum absolute atomic E-state index is 11.9. The first-order chi connectivity index (χ1) is 14.1. The number of carbonyl (C=O) groups is 2. The molecule has 150 valence electrons. The van der Waals surface area contributed by atoms with Gasteiger partial charge in [0.2, 0.25) is 6.79 Å². The minimum atomic E-state index is -0.322. The first kappa shape index (κ1) is 18.9. The monoisotopic (exact) mass is 396 g/mol. The van der Waals surface area contributed by atoms with Crippen LogP contribution in [0.25, 0.3) is 22.3 Å². The Morgan fingerprint density at radius 3 is 2.76 bits per heavy atom. The van der Waals surface area contributed by atoms with Crippen LogP contribution in [0.2, 0.25) is 0 Å². The van der Waals surface area contributed by atoms with E-state index in [1.165, 1.54) is 6.92 Å². The molecule has 1 aliphatic heterocycles. The highest BCUT2D eigenvalue weighted by Gasteiger charge is 2.20. The summed E-state index contributed by atoms with van der Waals surface area (Å²) in [5, 5.41) is 0.675. The van der Waals surface area contributed by atoms with Crippen LogP contribution in [0, 0.1) is 0 Å². The lowest BCUT2D eigenvalue weighted by molar-refractivity contribution is -0.141. The number of aryl methyl sites for hydroxylation is 1. The van der Waals surface area contributed by atoms with Crippen LogP contribution < -0.4 is 14.2 Å². The van der Waals surface area contributed by atoms with Gasteiger partial charge in [-0.2, -0.15) is 0 Å². The van der Waals surface area contributed by atoms with E-state index in [0.717, 1.165) is 17.4 Å². The van der Waals surface area contributed by atoms with Crippen LogP contribution >= 0.6 is 0 Å². The van der Waals surface area contributed by atoms with Crippen molar-refractivity contribution < 1.29 is 33.0 Å². The minimum Gasteiger partial charge on any atom is -0.493 e. The normalized spacial score (nSPS) is 12.2. The zero-order chi connectivity index (χ0) is 20.4. The van der Waals surface area contributed by atoms with Gasteiger partial charge in [0.05, 0.1) is 13.7 Å². The number of rotatable bonds is 7. The fourth-order valence-electron chi connectivity index (χ4n) is 3.42. The molecule has 4 rings (SSSR count). The van der Waals surface area contributed by atoms with Crippen molar-refractivity contribution >= 4 is 23.2 Å². The lowest BCUT2D eigenvalue weighted by Gasteiger charge is -2.09. The van der Waals surface area contributed by atoms with Gasteiger partial charge >= 0.3 is 5.97 Å². The molecule has 0 saturated heterocycles. The quantitative estimate of drug-likeness (QED) is 0.337. The van der Waals surface area contributed by atoms with Crippen molar-refractivity contribution in [3.05, 3.63) is 41.5 Å². The standard InChI is InChI=1S/C22H20O7/c1-13(24)26-7-3-4-14-8-21(25-2)22-16(17(14)11-23)10-19(29-22)15-5-6-18-20(9-15)28-12-27-18/h5-6,8-11H,3-4,7,12H2,1-2H3. The van der Waals surface area contributed by atoms with E-state index in [1.807, 2.05) is 24.3 Å². The predicted octanol–water partition coefficient (Wildman–Crippen LogP) is 4.15. The van der Waals surface area contributed by atoms with E-state index in [4.69, 9.17) is 23.4 Å². The molecular weight excluding hydrogens is 376 g/mol. The van der Waals surface area contributed by atoms with Crippen molar-refractivity contribution in [1.82, 2.24) is 0 Å². The fraction of sp³-hybridized carbons (Fsp3) is 0.273. The van der Waals surface area contributed by atoms with Crippen LogP contribution in [0.15, 0.2) is 34.7 Å². The van der Waals surface area contributed by atoms with Gasteiger partial charge in [0.1, 0.15) is 5.76 Å². The van der Waals surface area contributed by atoms with Crippen molar-refractivity contribution in [2.45, 2.75) is 19.8 Å². The van der Waals surface area contributed by atoms with E-state index in [0.29, 0.717) is 59.0 Å². The molecule has 0 bridgehead atoms. The molecule has 0 spiro atoms. The summed E-state index contributed by atoms with van der Waals surface area (Å²) in [5.41, 5.74) is 2.67. The van der Waals surface area contributed by atoms with E-state index in [1.54, 1.807) is 13.2 Å². The Hall–Kier alpha value is -3.48. The Bertz CT molecular complexity index is 1080. The number of aldehydes is 1. The van der Waals surface area contributed by atoms with Crippen LogP contribution in [-0.4, -0.2) is 32.8 Å². The van der Waals surface area contributed by atoms with Gasteiger partial charge in [-0.15, -0.1) is 0 Å². The average molecular weight is 396 g/mol. The maximum Gasteiger partial charge on any atom is 0.302 e. The molecule has 7 nitrogen and oxygen atoms in total. The van der Waals surface area contributed by atoms with Crippen LogP contribution in [0.4, 0.5) is 0 Å². The highest BCUT2D eigenvalue weighted by Crippen LogP contribution is 2.40. The largest absolute Gasteiger partial charge is 0.493 e. The number of esters is 1. The van der Waals surface area contributed by atoms with Gasteiger partial charge in [-0.3, -0.25) is 9.59 Å². The Balaban J connectivity index is 1.72. The number of hydrogen-bond donors (Lipinski definition) is 0. The Morgan fingerprint density at radius 1 is 1.17 bits per heavy atom. The second-order valence-electron chi connectivity index (χ2n) is 6.63. The molecule has 0 aliphatic carbocycles. The zero-order valence-electron chi connectivity index (χ0n) is 16.2. The molecule has 29 heavy (non-hydrogen) atoms. The molecule has 2 aromatic carbocycles. The Kier molecular flexibility index (Phi) is 5.12. The topological polar surface area (TPSA) is 84.2 Å². The summed E-state index contributed by atoms with van der Waals surface area (Å²) < 4.78 is 27.3. The highest BCUT2D eigenvalue weighted by atomic mass is 16.7. The minimum absolute atomic E-state index is 0.193. The lowest BCUT2D eigenvalue weighted by atomic mass is 9.99. The SMILES string of the molecule is COc1cc(CCCOC(C)=O)c(C=O)c2cc(-c3ccc4c(c3)OCO4)oc12. The van der Waals surface area contributed by atoms with E-state index < -0.39 is 0 Å². The van der Waals surface area contributed by atoms with Gasteiger partial charge in [-0.1, -0.05) is 0 Å². The molecule has 0 N–H and O–H groups in total. The van der Waals surface area contributed by atoms with Crippen molar-refractivity contribution in [1.29, 1.82) is 0 Å². The number of benzene rings is 2. The average Bonchev–Trinajstić information content (AvgIpc) is 3.36. The van der Waals surface area contributed by atoms with Gasteiger partial charge < -0.3 is 23.4 Å². The molecule has 2 heterocycles. The summed E-state index contributed by atoms with van der Waals surface area (Å²) in [5.74, 6) is 2.15. The third kappa shape index (κ3) is 3.63. The van der Waals surface area contributed by atoms with Crippen molar-refractivity contribution in [2.24, 2.45) is 0 Å². The second-order valence-corrected chi connectivity index (χ2v) is 6.63. The maximum atomic E-state index is 11.9. The number of fused-ring (bicyclic) bond motifs is 2. The first-order valence-corrected chi connectivity index (χ1v) is 9.22. The Morgan fingerprint density at radius 2 is 2.00 bits per heavy atom. The second kappa shape index (κ2) is 7.87. The molecule has 0 radical (unpaired) electrons. The predicted molar refractivity (Wildman–Crippen MR) is 105 cm³/mol. The summed E-state index contributed by atoms with van der Waals surface area (Å²) in [7, 11) is 1.56. The molecule has 7 heteroatoms. The van der Waals surface area contributed by atoms with Crippen LogP contribution in [0.5, 0.6) is 17.2 Å². The zero-order valence-corrected chi connectivity index (χ0v) is 16.2. The van der Waals surface area contributed by atoms with E-state index >= 15 is 0 Å². The van der Waals surface area contributed by atoms with Gasteiger partial charge in [0, 0.05) is 23.4 Å². The summed E-state index contributed by atoms with van der Waals surface area (Å²) in [6, 6.07) is 9.16. The first-order valence-electron chi connectivity index (χ1n) is 9.22. The molecular formula is C22H20O7. The van der Waals surface area contributed by atoms with Gasteiger partial charge in [-0.25, -0.2) is 0 Å².